The van der Waals surface area contributed by atoms with Crippen molar-refractivity contribution in [2.24, 2.45) is 0 Å². The number of thiazole rings is 1. The van der Waals surface area contributed by atoms with Crippen LogP contribution in [0.15, 0.2) is 41.0 Å². The number of nitrogens with one attached hydrogen (secondary N) is 1. The molecule has 3 aromatic rings. The van der Waals surface area contributed by atoms with Gasteiger partial charge < -0.3 is 9.88 Å². The number of carbonyl (C=O) groups is 2. The Kier molecular flexibility index (Phi) is 6.59. The Balaban J connectivity index is 1.62. The van der Waals surface area contributed by atoms with Crippen LogP contribution in [-0.4, -0.2) is 37.2 Å². The molecule has 0 aliphatic rings. The number of rotatable bonds is 8. The Morgan fingerprint density at radius 3 is 2.70 bits per heavy atom. The van der Waals surface area contributed by atoms with Gasteiger partial charge in [-0.2, -0.15) is 0 Å². The van der Waals surface area contributed by atoms with E-state index in [2.05, 4.69) is 20.5 Å². The van der Waals surface area contributed by atoms with Gasteiger partial charge in [-0.05, 0) is 31.2 Å². The van der Waals surface area contributed by atoms with Crippen molar-refractivity contribution >= 4 is 51.5 Å². The van der Waals surface area contributed by atoms with Crippen LogP contribution < -0.4 is 5.32 Å². The minimum atomic E-state index is -0.208. The molecule has 0 aliphatic heterocycles. The molecule has 0 atom stereocenters. The van der Waals surface area contributed by atoms with Gasteiger partial charge in [-0.1, -0.05) is 23.4 Å². The summed E-state index contributed by atoms with van der Waals surface area (Å²) in [5.41, 5.74) is 0.595. The van der Waals surface area contributed by atoms with Crippen molar-refractivity contribution in [3.63, 3.8) is 0 Å². The maximum atomic E-state index is 12.3. The van der Waals surface area contributed by atoms with Crippen LogP contribution in [0, 0.1) is 0 Å². The average Bonchev–Trinajstić information content (AvgIpc) is 3.29. The second kappa shape index (κ2) is 9.12. The van der Waals surface area contributed by atoms with Gasteiger partial charge in [0.25, 0.3) is 0 Å². The van der Waals surface area contributed by atoms with Crippen molar-refractivity contribution in [2.75, 3.05) is 11.1 Å². The van der Waals surface area contributed by atoms with Gasteiger partial charge in [0.1, 0.15) is 5.82 Å². The molecule has 0 saturated heterocycles. The highest BCUT2D eigenvalue weighted by Crippen LogP contribution is 2.20. The molecule has 1 amide bonds. The molecule has 0 fully saturated rings. The standard InChI is InChI=1S/C17H16ClN5O2S2/c1-2-23-14(9-15(25)20-16-19-7-8-26-16)21-22-17(23)27-10-13(24)11-3-5-12(18)6-4-11/h3-8H,2,9-10H2,1H3,(H,19,20,25). The number of Topliss-reactive ketones (excluding diaryl/α,β-unsaturated/α-hetero) is 1. The highest BCUT2D eigenvalue weighted by Gasteiger charge is 2.17. The van der Waals surface area contributed by atoms with Crippen molar-refractivity contribution in [3.05, 3.63) is 52.3 Å². The molecule has 0 aliphatic carbocycles. The van der Waals surface area contributed by atoms with Crippen LogP contribution in [0.25, 0.3) is 0 Å². The van der Waals surface area contributed by atoms with E-state index >= 15 is 0 Å². The molecule has 0 unspecified atom stereocenters. The van der Waals surface area contributed by atoms with Gasteiger partial charge in [0.05, 0.1) is 12.2 Å². The Bertz CT molecular complexity index is 925. The van der Waals surface area contributed by atoms with Crippen LogP contribution in [0.3, 0.4) is 0 Å². The zero-order valence-electron chi connectivity index (χ0n) is 14.4. The van der Waals surface area contributed by atoms with Gasteiger partial charge in [-0.15, -0.1) is 21.5 Å². The van der Waals surface area contributed by atoms with Crippen molar-refractivity contribution in [1.29, 1.82) is 0 Å². The monoisotopic (exact) mass is 421 g/mol. The number of halogens is 1. The molecule has 7 nitrogen and oxygen atoms in total. The van der Waals surface area contributed by atoms with Crippen LogP contribution in [0.2, 0.25) is 5.02 Å². The van der Waals surface area contributed by atoms with Gasteiger partial charge in [0.15, 0.2) is 16.1 Å². The van der Waals surface area contributed by atoms with E-state index in [0.29, 0.717) is 33.2 Å². The molecule has 2 heterocycles. The quantitative estimate of drug-likeness (QED) is 0.441. The second-order valence-corrected chi connectivity index (χ2v) is 7.70. The molecule has 2 aromatic heterocycles. The van der Waals surface area contributed by atoms with E-state index in [1.54, 1.807) is 35.8 Å². The number of benzene rings is 1. The molecule has 140 valence electrons. The number of hydrogen-bond acceptors (Lipinski definition) is 7. The predicted octanol–water partition coefficient (Wildman–Crippen LogP) is 3.56. The molecule has 0 saturated carbocycles. The predicted molar refractivity (Wildman–Crippen MR) is 107 cm³/mol. The summed E-state index contributed by atoms with van der Waals surface area (Å²) in [5.74, 6) is 0.546. The maximum absolute atomic E-state index is 12.3. The molecule has 0 radical (unpaired) electrons. The Morgan fingerprint density at radius 2 is 2.04 bits per heavy atom. The first-order valence-electron chi connectivity index (χ1n) is 8.09. The average molecular weight is 422 g/mol. The second-order valence-electron chi connectivity index (χ2n) is 5.42. The molecule has 27 heavy (non-hydrogen) atoms. The Hall–Kier alpha value is -2.23. The summed E-state index contributed by atoms with van der Waals surface area (Å²) in [6.07, 6.45) is 1.72. The molecule has 1 aromatic carbocycles. The lowest BCUT2D eigenvalue weighted by atomic mass is 10.1. The molecular formula is C17H16ClN5O2S2. The summed E-state index contributed by atoms with van der Waals surface area (Å²) in [7, 11) is 0. The third kappa shape index (κ3) is 5.15. The van der Waals surface area contributed by atoms with Crippen LogP contribution >= 0.6 is 34.7 Å². The van der Waals surface area contributed by atoms with E-state index in [1.807, 2.05) is 11.5 Å². The number of ketones is 1. The number of aromatic nitrogens is 4. The summed E-state index contributed by atoms with van der Waals surface area (Å²) < 4.78 is 1.83. The highest BCUT2D eigenvalue weighted by atomic mass is 35.5. The molecular weight excluding hydrogens is 406 g/mol. The lowest BCUT2D eigenvalue weighted by molar-refractivity contribution is -0.115. The summed E-state index contributed by atoms with van der Waals surface area (Å²) >= 11 is 8.49. The van der Waals surface area contributed by atoms with Crippen LogP contribution in [0.1, 0.15) is 23.1 Å². The number of amides is 1. The zero-order valence-corrected chi connectivity index (χ0v) is 16.8. The minimum absolute atomic E-state index is 0.0228. The Morgan fingerprint density at radius 1 is 1.26 bits per heavy atom. The lowest BCUT2D eigenvalue weighted by Crippen LogP contribution is -2.17. The van der Waals surface area contributed by atoms with E-state index in [9.17, 15) is 9.59 Å². The van der Waals surface area contributed by atoms with E-state index < -0.39 is 0 Å². The Labute approximate surface area is 169 Å². The topological polar surface area (TPSA) is 89.8 Å². The number of nitrogens with zero attached hydrogens (tertiary/aromatic N) is 4. The van der Waals surface area contributed by atoms with Crippen molar-refractivity contribution in [1.82, 2.24) is 19.7 Å². The largest absolute Gasteiger partial charge is 0.306 e. The van der Waals surface area contributed by atoms with E-state index in [0.717, 1.165) is 0 Å². The van der Waals surface area contributed by atoms with Crippen molar-refractivity contribution in [3.8, 4) is 0 Å². The van der Waals surface area contributed by atoms with Gasteiger partial charge in [-0.3, -0.25) is 9.59 Å². The fraction of sp³-hybridized carbons (Fsp3) is 0.235. The van der Waals surface area contributed by atoms with Crippen LogP contribution in [0.5, 0.6) is 0 Å². The third-order valence-electron chi connectivity index (χ3n) is 3.61. The zero-order chi connectivity index (χ0) is 19.2. The molecule has 10 heteroatoms. The van der Waals surface area contributed by atoms with E-state index in [1.165, 1.54) is 23.1 Å². The van der Waals surface area contributed by atoms with E-state index in [-0.39, 0.29) is 23.9 Å². The third-order valence-corrected chi connectivity index (χ3v) is 5.51. The number of anilines is 1. The number of carbonyl (C=O) groups excluding carboxylic acids is 2. The van der Waals surface area contributed by atoms with Gasteiger partial charge >= 0.3 is 0 Å². The summed E-state index contributed by atoms with van der Waals surface area (Å²) in [4.78, 5) is 28.5. The van der Waals surface area contributed by atoms with Crippen LogP contribution in [0.4, 0.5) is 5.13 Å². The number of thioether (sulfide) groups is 1. The SMILES string of the molecule is CCn1c(CC(=O)Nc2nccs2)nnc1SCC(=O)c1ccc(Cl)cc1. The molecule has 0 spiro atoms. The van der Waals surface area contributed by atoms with Crippen molar-refractivity contribution in [2.45, 2.75) is 25.0 Å². The van der Waals surface area contributed by atoms with Gasteiger partial charge in [0.2, 0.25) is 5.91 Å². The smallest absolute Gasteiger partial charge is 0.233 e. The van der Waals surface area contributed by atoms with Crippen LogP contribution in [-0.2, 0) is 17.8 Å². The minimum Gasteiger partial charge on any atom is -0.306 e. The summed E-state index contributed by atoms with van der Waals surface area (Å²) in [6.45, 7) is 2.54. The highest BCUT2D eigenvalue weighted by molar-refractivity contribution is 7.99. The molecule has 0 bridgehead atoms. The first-order valence-corrected chi connectivity index (χ1v) is 10.3. The lowest BCUT2D eigenvalue weighted by Gasteiger charge is -2.07. The summed E-state index contributed by atoms with van der Waals surface area (Å²) in [6, 6.07) is 6.77. The fourth-order valence-electron chi connectivity index (χ4n) is 2.32. The van der Waals surface area contributed by atoms with Crippen molar-refractivity contribution < 1.29 is 9.59 Å². The summed E-state index contributed by atoms with van der Waals surface area (Å²) in [5, 5.41) is 14.5. The van der Waals surface area contributed by atoms with Gasteiger partial charge in [-0.25, -0.2) is 4.98 Å². The van der Waals surface area contributed by atoms with E-state index in [4.69, 9.17) is 11.6 Å². The maximum Gasteiger partial charge on any atom is 0.233 e. The molecule has 3 rings (SSSR count). The number of hydrogen-bond donors (Lipinski definition) is 1. The first-order chi connectivity index (χ1) is 13.1. The first kappa shape index (κ1) is 19.5. The molecule has 1 N–H and O–H groups in total. The van der Waals surface area contributed by atoms with Gasteiger partial charge in [0, 0.05) is 28.7 Å². The fourth-order valence-corrected chi connectivity index (χ4v) is 3.90. The normalized spacial score (nSPS) is 10.7.